The SMILES string of the molecule is CC(C)c1ncc(OC2CC2)cc1B1OC(C)(C)C(C)(C)O1. The largest absolute Gasteiger partial charge is 0.496 e. The van der Waals surface area contributed by atoms with Crippen molar-refractivity contribution in [1.82, 2.24) is 4.98 Å². The topological polar surface area (TPSA) is 40.6 Å². The summed E-state index contributed by atoms with van der Waals surface area (Å²) in [5.41, 5.74) is 1.31. The van der Waals surface area contributed by atoms with E-state index in [-0.39, 0.29) is 11.2 Å². The summed E-state index contributed by atoms with van der Waals surface area (Å²) in [6, 6.07) is 2.04. The summed E-state index contributed by atoms with van der Waals surface area (Å²) >= 11 is 0. The maximum atomic E-state index is 6.20. The molecule has 0 aromatic carbocycles. The smallest absolute Gasteiger partial charge is 0.489 e. The van der Waals surface area contributed by atoms with Crippen molar-refractivity contribution in [1.29, 1.82) is 0 Å². The second-order valence-electron chi connectivity index (χ2n) is 7.71. The van der Waals surface area contributed by atoms with Crippen molar-refractivity contribution in [3.8, 4) is 5.75 Å². The van der Waals surface area contributed by atoms with Gasteiger partial charge in [0, 0.05) is 11.2 Å². The Morgan fingerprint density at radius 2 is 1.77 bits per heavy atom. The van der Waals surface area contributed by atoms with Crippen molar-refractivity contribution in [2.24, 2.45) is 0 Å². The Balaban J connectivity index is 1.93. The zero-order valence-corrected chi connectivity index (χ0v) is 14.5. The molecule has 0 bridgehead atoms. The number of pyridine rings is 1. The quantitative estimate of drug-likeness (QED) is 0.802. The van der Waals surface area contributed by atoms with E-state index < -0.39 is 7.12 Å². The van der Waals surface area contributed by atoms with Crippen LogP contribution in [0.1, 0.15) is 66.0 Å². The molecule has 0 N–H and O–H groups in total. The lowest BCUT2D eigenvalue weighted by Crippen LogP contribution is -2.41. The van der Waals surface area contributed by atoms with Gasteiger partial charge in [-0.3, -0.25) is 4.98 Å². The molecule has 1 saturated heterocycles. The lowest BCUT2D eigenvalue weighted by Gasteiger charge is -2.32. The molecule has 2 fully saturated rings. The number of aromatic nitrogens is 1. The molecule has 1 aliphatic carbocycles. The van der Waals surface area contributed by atoms with Crippen LogP contribution in [0.15, 0.2) is 12.3 Å². The third-order valence-electron chi connectivity index (χ3n) is 4.81. The van der Waals surface area contributed by atoms with Crippen molar-refractivity contribution in [2.45, 2.75) is 77.6 Å². The fourth-order valence-electron chi connectivity index (χ4n) is 2.56. The highest BCUT2D eigenvalue weighted by Crippen LogP contribution is 2.37. The molecule has 1 aliphatic heterocycles. The van der Waals surface area contributed by atoms with E-state index >= 15 is 0 Å². The zero-order valence-electron chi connectivity index (χ0n) is 14.5. The van der Waals surface area contributed by atoms with Crippen LogP contribution in [0, 0.1) is 0 Å². The average molecular weight is 303 g/mol. The van der Waals surface area contributed by atoms with Crippen LogP contribution in [0.3, 0.4) is 0 Å². The molecule has 0 spiro atoms. The highest BCUT2D eigenvalue weighted by molar-refractivity contribution is 6.62. The van der Waals surface area contributed by atoms with Crippen molar-refractivity contribution in [3.05, 3.63) is 18.0 Å². The van der Waals surface area contributed by atoms with Crippen molar-refractivity contribution < 1.29 is 14.0 Å². The van der Waals surface area contributed by atoms with Gasteiger partial charge in [0.1, 0.15) is 5.75 Å². The van der Waals surface area contributed by atoms with Crippen LogP contribution < -0.4 is 10.2 Å². The maximum Gasteiger partial charge on any atom is 0.496 e. The first-order valence-corrected chi connectivity index (χ1v) is 8.22. The summed E-state index contributed by atoms with van der Waals surface area (Å²) in [7, 11) is -0.391. The average Bonchev–Trinajstić information content (AvgIpc) is 3.17. The van der Waals surface area contributed by atoms with E-state index in [1.54, 1.807) is 0 Å². The van der Waals surface area contributed by atoms with Crippen molar-refractivity contribution in [2.75, 3.05) is 0 Å². The Kier molecular flexibility index (Phi) is 3.77. The minimum atomic E-state index is -0.391. The highest BCUT2D eigenvalue weighted by Gasteiger charge is 2.52. The molecule has 5 heteroatoms. The summed E-state index contributed by atoms with van der Waals surface area (Å²) < 4.78 is 18.3. The van der Waals surface area contributed by atoms with Gasteiger partial charge >= 0.3 is 7.12 Å². The molecule has 4 nitrogen and oxygen atoms in total. The Labute approximate surface area is 133 Å². The van der Waals surface area contributed by atoms with Crippen molar-refractivity contribution in [3.63, 3.8) is 0 Å². The van der Waals surface area contributed by atoms with E-state index in [1.165, 1.54) is 0 Å². The van der Waals surface area contributed by atoms with Crippen LogP contribution in [-0.4, -0.2) is 29.4 Å². The predicted molar refractivity (Wildman–Crippen MR) is 87.7 cm³/mol. The van der Waals surface area contributed by atoms with Gasteiger partial charge in [0.15, 0.2) is 0 Å². The summed E-state index contributed by atoms with van der Waals surface area (Å²) in [4.78, 5) is 4.61. The van der Waals surface area contributed by atoms with Gasteiger partial charge in [-0.15, -0.1) is 0 Å². The first-order chi connectivity index (χ1) is 10.2. The Bertz CT molecular complexity index is 551. The molecule has 1 aromatic heterocycles. The van der Waals surface area contributed by atoms with Crippen molar-refractivity contribution >= 4 is 12.6 Å². The van der Waals surface area contributed by atoms with E-state index in [9.17, 15) is 0 Å². The van der Waals surface area contributed by atoms with Crippen LogP contribution in [0.2, 0.25) is 0 Å². The van der Waals surface area contributed by atoms with Gasteiger partial charge in [-0.2, -0.15) is 0 Å². The Morgan fingerprint density at radius 1 is 1.18 bits per heavy atom. The summed E-state index contributed by atoms with van der Waals surface area (Å²) in [5, 5.41) is 0. The fourth-order valence-corrected chi connectivity index (χ4v) is 2.56. The molecule has 0 atom stereocenters. The van der Waals surface area contributed by atoms with E-state index in [4.69, 9.17) is 14.0 Å². The predicted octanol–water partition coefficient (Wildman–Crippen LogP) is 3.05. The highest BCUT2D eigenvalue weighted by atomic mass is 16.7. The van der Waals surface area contributed by atoms with Gasteiger partial charge in [-0.05, 0) is 52.5 Å². The van der Waals surface area contributed by atoms with Gasteiger partial charge in [0.25, 0.3) is 0 Å². The first kappa shape index (κ1) is 15.8. The van der Waals surface area contributed by atoms with E-state index in [1.807, 2.05) is 12.3 Å². The third-order valence-corrected chi connectivity index (χ3v) is 4.81. The lowest BCUT2D eigenvalue weighted by atomic mass is 9.75. The minimum absolute atomic E-state index is 0.309. The number of ether oxygens (including phenoxy) is 1. The fraction of sp³-hybridized carbons (Fsp3) is 0.706. The number of hydrogen-bond acceptors (Lipinski definition) is 4. The third kappa shape index (κ3) is 2.89. The standard InChI is InChI=1S/C17H26BNO3/c1-11(2)15-14(9-13(10-19-15)20-12-7-8-12)18-21-16(3,4)17(5,6)22-18/h9-12H,7-8H2,1-6H3. The molecular weight excluding hydrogens is 277 g/mol. The van der Waals surface area contributed by atoms with Crippen LogP contribution in [0.4, 0.5) is 0 Å². The molecule has 0 unspecified atom stereocenters. The van der Waals surface area contributed by atoms with Gasteiger partial charge in [0.2, 0.25) is 0 Å². The first-order valence-electron chi connectivity index (χ1n) is 8.22. The molecule has 120 valence electrons. The maximum absolute atomic E-state index is 6.20. The van der Waals surface area contributed by atoms with Gasteiger partial charge in [-0.1, -0.05) is 13.8 Å². The monoisotopic (exact) mass is 303 g/mol. The number of nitrogens with zero attached hydrogens (tertiary/aromatic N) is 1. The van der Waals surface area contributed by atoms with Crippen LogP contribution in [-0.2, 0) is 9.31 Å². The second-order valence-corrected chi connectivity index (χ2v) is 7.71. The Hall–Kier alpha value is -1.07. The zero-order chi connectivity index (χ0) is 16.1. The molecule has 2 aliphatic rings. The van der Waals surface area contributed by atoms with E-state index in [0.717, 1.165) is 29.7 Å². The number of rotatable bonds is 4. The van der Waals surface area contributed by atoms with Crippen LogP contribution in [0.5, 0.6) is 5.75 Å². The van der Waals surface area contributed by atoms with E-state index in [2.05, 4.69) is 46.5 Å². The molecule has 1 saturated carbocycles. The summed E-state index contributed by atoms with van der Waals surface area (Å²) in [6.45, 7) is 12.6. The molecule has 0 amide bonds. The van der Waals surface area contributed by atoms with Crippen LogP contribution in [0.25, 0.3) is 0 Å². The van der Waals surface area contributed by atoms with Crippen LogP contribution >= 0.6 is 0 Å². The molecule has 2 heterocycles. The van der Waals surface area contributed by atoms with Gasteiger partial charge < -0.3 is 14.0 Å². The Morgan fingerprint density at radius 3 is 2.27 bits per heavy atom. The molecule has 0 radical (unpaired) electrons. The summed E-state index contributed by atoms with van der Waals surface area (Å²) in [6.07, 6.45) is 4.45. The second kappa shape index (κ2) is 5.24. The number of hydrogen-bond donors (Lipinski definition) is 0. The molecular formula is C17H26BNO3. The van der Waals surface area contributed by atoms with Gasteiger partial charge in [0.05, 0.1) is 23.5 Å². The molecule has 1 aromatic rings. The van der Waals surface area contributed by atoms with E-state index in [0.29, 0.717) is 12.0 Å². The minimum Gasteiger partial charge on any atom is -0.489 e. The summed E-state index contributed by atoms with van der Waals surface area (Å²) in [5.74, 6) is 1.13. The van der Waals surface area contributed by atoms with Gasteiger partial charge in [-0.25, -0.2) is 0 Å². The molecule has 3 rings (SSSR count). The normalized spacial score (nSPS) is 23.1. The molecule has 22 heavy (non-hydrogen) atoms. The lowest BCUT2D eigenvalue weighted by molar-refractivity contribution is 0.00578.